The fourth-order valence-electron chi connectivity index (χ4n) is 3.42. The smallest absolute Gasteiger partial charge is 0.255 e. The van der Waals surface area contributed by atoms with Crippen LogP contribution in [0.15, 0.2) is 18.2 Å². The van der Waals surface area contributed by atoms with Crippen molar-refractivity contribution < 1.29 is 19.0 Å². The Morgan fingerprint density at radius 3 is 2.95 bits per heavy atom. The SMILES string of the molecule is O=C(c1ccc(F)cc1Cl)N1CCC[C@@H]1[C@@H]1COCC[C@@H]1O. The summed E-state index contributed by atoms with van der Waals surface area (Å²) in [4.78, 5) is 14.5. The molecule has 0 saturated carbocycles. The Labute approximate surface area is 133 Å². The average molecular weight is 328 g/mol. The van der Waals surface area contributed by atoms with Crippen LogP contribution in [0.4, 0.5) is 4.39 Å². The number of hydrogen-bond donors (Lipinski definition) is 1. The number of halogens is 2. The Morgan fingerprint density at radius 2 is 2.23 bits per heavy atom. The van der Waals surface area contributed by atoms with Crippen LogP contribution in [0.1, 0.15) is 29.6 Å². The number of ether oxygens (including phenoxy) is 1. The van der Waals surface area contributed by atoms with Gasteiger partial charge in [-0.1, -0.05) is 11.6 Å². The topological polar surface area (TPSA) is 49.8 Å². The standard InChI is InChI=1S/C16H19ClFNO3/c17-13-8-10(18)3-4-11(13)16(21)19-6-1-2-14(19)12-9-22-7-5-15(12)20/h3-4,8,12,14-15,20H,1-2,5-7,9H2/t12-,14+,15-/m0/s1. The molecule has 2 heterocycles. The molecule has 3 atom stereocenters. The van der Waals surface area contributed by atoms with Crippen molar-refractivity contribution in [2.24, 2.45) is 5.92 Å². The molecule has 0 aromatic heterocycles. The van der Waals surface area contributed by atoms with Gasteiger partial charge in [0.2, 0.25) is 0 Å². The summed E-state index contributed by atoms with van der Waals surface area (Å²) < 4.78 is 18.6. The molecule has 120 valence electrons. The first-order valence-electron chi connectivity index (χ1n) is 7.60. The van der Waals surface area contributed by atoms with E-state index in [2.05, 4.69) is 0 Å². The lowest BCUT2D eigenvalue weighted by molar-refractivity contribution is -0.0589. The number of hydrogen-bond acceptors (Lipinski definition) is 3. The van der Waals surface area contributed by atoms with Crippen molar-refractivity contribution in [3.05, 3.63) is 34.6 Å². The van der Waals surface area contributed by atoms with Crippen LogP contribution in [-0.4, -0.2) is 47.8 Å². The third-order valence-corrected chi connectivity index (χ3v) is 4.89. The number of carbonyl (C=O) groups excluding carboxylic acids is 1. The zero-order chi connectivity index (χ0) is 15.7. The van der Waals surface area contributed by atoms with E-state index in [9.17, 15) is 14.3 Å². The van der Waals surface area contributed by atoms with E-state index in [4.69, 9.17) is 16.3 Å². The van der Waals surface area contributed by atoms with E-state index in [0.717, 1.165) is 18.9 Å². The highest BCUT2D eigenvalue weighted by Gasteiger charge is 2.40. The van der Waals surface area contributed by atoms with Crippen LogP contribution in [0, 0.1) is 11.7 Å². The average Bonchev–Trinajstić information content (AvgIpc) is 2.96. The van der Waals surface area contributed by atoms with Gasteiger partial charge in [0.05, 0.1) is 23.3 Å². The summed E-state index contributed by atoms with van der Waals surface area (Å²) >= 11 is 6.00. The molecule has 2 fully saturated rings. The Bertz CT molecular complexity index is 568. The van der Waals surface area contributed by atoms with Crippen molar-refractivity contribution in [3.63, 3.8) is 0 Å². The number of benzene rings is 1. The van der Waals surface area contributed by atoms with Gasteiger partial charge in [-0.25, -0.2) is 4.39 Å². The number of carbonyl (C=O) groups is 1. The maximum atomic E-state index is 13.1. The first kappa shape index (κ1) is 15.7. The van der Waals surface area contributed by atoms with Crippen LogP contribution in [0.2, 0.25) is 5.02 Å². The Balaban J connectivity index is 1.81. The number of nitrogens with zero attached hydrogens (tertiary/aromatic N) is 1. The minimum absolute atomic E-state index is 0.0519. The first-order chi connectivity index (χ1) is 10.6. The molecular weight excluding hydrogens is 309 g/mol. The van der Waals surface area contributed by atoms with Gasteiger partial charge in [0.1, 0.15) is 5.82 Å². The van der Waals surface area contributed by atoms with E-state index >= 15 is 0 Å². The molecule has 0 unspecified atom stereocenters. The third-order valence-electron chi connectivity index (χ3n) is 4.58. The Hall–Kier alpha value is -1.17. The zero-order valence-corrected chi connectivity index (χ0v) is 12.9. The molecule has 1 aromatic rings. The molecule has 6 heteroatoms. The fraction of sp³-hybridized carbons (Fsp3) is 0.562. The van der Waals surface area contributed by atoms with Crippen LogP contribution in [0.5, 0.6) is 0 Å². The van der Waals surface area contributed by atoms with Crippen molar-refractivity contribution in [2.45, 2.75) is 31.4 Å². The molecule has 1 amide bonds. The highest BCUT2D eigenvalue weighted by molar-refractivity contribution is 6.33. The van der Waals surface area contributed by atoms with E-state index < -0.39 is 11.9 Å². The van der Waals surface area contributed by atoms with Crippen molar-refractivity contribution in [1.29, 1.82) is 0 Å². The van der Waals surface area contributed by atoms with Gasteiger partial charge < -0.3 is 14.7 Å². The van der Waals surface area contributed by atoms with Gasteiger partial charge in [-0.2, -0.15) is 0 Å². The molecule has 0 spiro atoms. The first-order valence-corrected chi connectivity index (χ1v) is 7.97. The highest BCUT2D eigenvalue weighted by Crippen LogP contribution is 2.32. The number of aliphatic hydroxyl groups is 1. The molecular formula is C16H19ClFNO3. The molecule has 3 rings (SSSR count). The summed E-state index contributed by atoms with van der Waals surface area (Å²) in [6.07, 6.45) is 1.88. The van der Waals surface area contributed by atoms with Crippen LogP contribution in [0.25, 0.3) is 0 Å². The number of rotatable bonds is 2. The molecule has 2 saturated heterocycles. The van der Waals surface area contributed by atoms with Crippen molar-refractivity contribution >= 4 is 17.5 Å². The van der Waals surface area contributed by atoms with Gasteiger partial charge in [0, 0.05) is 25.1 Å². The molecule has 0 bridgehead atoms. The van der Waals surface area contributed by atoms with Crippen molar-refractivity contribution in [2.75, 3.05) is 19.8 Å². The Morgan fingerprint density at radius 1 is 1.41 bits per heavy atom. The van der Waals surface area contributed by atoms with Crippen LogP contribution < -0.4 is 0 Å². The monoisotopic (exact) mass is 327 g/mol. The van der Waals surface area contributed by atoms with Gasteiger partial charge >= 0.3 is 0 Å². The van der Waals surface area contributed by atoms with Crippen LogP contribution in [-0.2, 0) is 4.74 Å². The lowest BCUT2D eigenvalue weighted by Crippen LogP contribution is -2.48. The number of likely N-dealkylation sites (tertiary alicyclic amines) is 1. The summed E-state index contributed by atoms with van der Waals surface area (Å²) in [5.41, 5.74) is 0.307. The predicted molar refractivity (Wildman–Crippen MR) is 80.4 cm³/mol. The zero-order valence-electron chi connectivity index (χ0n) is 12.2. The van der Waals surface area contributed by atoms with E-state index in [0.29, 0.717) is 31.7 Å². The van der Waals surface area contributed by atoms with Crippen LogP contribution >= 0.6 is 11.6 Å². The van der Waals surface area contributed by atoms with Crippen molar-refractivity contribution in [1.82, 2.24) is 4.90 Å². The van der Waals surface area contributed by atoms with E-state index in [1.807, 2.05) is 0 Å². The molecule has 22 heavy (non-hydrogen) atoms. The molecule has 0 aliphatic carbocycles. The number of aliphatic hydroxyl groups excluding tert-OH is 1. The largest absolute Gasteiger partial charge is 0.393 e. The summed E-state index contributed by atoms with van der Waals surface area (Å²) in [5.74, 6) is -0.736. The van der Waals surface area contributed by atoms with E-state index in [-0.39, 0.29) is 22.9 Å². The minimum atomic E-state index is -0.462. The van der Waals surface area contributed by atoms with Gasteiger partial charge in [-0.05, 0) is 37.5 Å². The van der Waals surface area contributed by atoms with Gasteiger partial charge in [-0.3, -0.25) is 4.79 Å². The molecule has 1 aromatic carbocycles. The second-order valence-electron chi connectivity index (χ2n) is 5.93. The van der Waals surface area contributed by atoms with E-state index in [1.165, 1.54) is 12.1 Å². The molecule has 4 nitrogen and oxygen atoms in total. The lowest BCUT2D eigenvalue weighted by atomic mass is 9.89. The van der Waals surface area contributed by atoms with E-state index in [1.54, 1.807) is 4.90 Å². The summed E-state index contributed by atoms with van der Waals surface area (Å²) in [7, 11) is 0. The molecule has 0 radical (unpaired) electrons. The third kappa shape index (κ3) is 2.98. The maximum absolute atomic E-state index is 13.1. The molecule has 2 aliphatic rings. The summed E-state index contributed by atoms with van der Waals surface area (Å²) in [6.45, 7) is 1.65. The summed E-state index contributed by atoms with van der Waals surface area (Å²) in [5, 5.41) is 10.3. The van der Waals surface area contributed by atoms with Gasteiger partial charge in [-0.15, -0.1) is 0 Å². The normalized spacial score (nSPS) is 28.9. The quantitative estimate of drug-likeness (QED) is 0.908. The minimum Gasteiger partial charge on any atom is -0.393 e. The molecule has 1 N–H and O–H groups in total. The lowest BCUT2D eigenvalue weighted by Gasteiger charge is -2.37. The fourth-order valence-corrected chi connectivity index (χ4v) is 3.67. The van der Waals surface area contributed by atoms with Crippen LogP contribution in [0.3, 0.4) is 0 Å². The maximum Gasteiger partial charge on any atom is 0.255 e. The highest BCUT2D eigenvalue weighted by atomic mass is 35.5. The summed E-state index contributed by atoms with van der Waals surface area (Å²) in [6, 6.07) is 3.76. The number of amides is 1. The van der Waals surface area contributed by atoms with Crippen molar-refractivity contribution in [3.8, 4) is 0 Å². The van der Waals surface area contributed by atoms with Gasteiger partial charge in [0.15, 0.2) is 0 Å². The second kappa shape index (κ2) is 6.52. The predicted octanol–water partition coefficient (Wildman–Crippen LogP) is 2.48. The Kier molecular flexibility index (Phi) is 4.66. The van der Waals surface area contributed by atoms with Gasteiger partial charge in [0.25, 0.3) is 5.91 Å². The molecule has 2 aliphatic heterocycles. The second-order valence-corrected chi connectivity index (χ2v) is 6.33.